The van der Waals surface area contributed by atoms with Gasteiger partial charge in [0, 0.05) is 11.8 Å². The minimum absolute atomic E-state index is 0.107. The van der Waals surface area contributed by atoms with Crippen LogP contribution in [0.25, 0.3) is 0 Å². The normalized spacial score (nSPS) is 13.3. The van der Waals surface area contributed by atoms with Gasteiger partial charge < -0.3 is 9.47 Å². The molecule has 162 valence electrons. The van der Waals surface area contributed by atoms with Gasteiger partial charge in [0.15, 0.2) is 0 Å². The molecular formula is C21H22F3NO4S. The van der Waals surface area contributed by atoms with Crippen LogP contribution in [0.1, 0.15) is 47.8 Å². The standard InChI is InChI=1S/C21H22F3NO4S/c1-13-17(19(26)29-15-9-7-6-8-10-15)16(28-5)11-14(18(13)21(22,23)24)12-25-30(27)20(2,3)4/h6-12H,1-5H3/b25-12-/t30-/m0/s1. The number of methoxy groups -OCH3 is 1. The molecule has 0 spiro atoms. The van der Waals surface area contributed by atoms with Crippen molar-refractivity contribution in [3.8, 4) is 11.5 Å². The molecule has 0 unspecified atom stereocenters. The van der Waals surface area contributed by atoms with Gasteiger partial charge in [-0.15, -0.1) is 0 Å². The van der Waals surface area contributed by atoms with E-state index in [-0.39, 0.29) is 28.2 Å². The molecule has 0 saturated carbocycles. The topological polar surface area (TPSA) is 65.0 Å². The van der Waals surface area contributed by atoms with Crippen LogP contribution in [-0.4, -0.2) is 28.2 Å². The van der Waals surface area contributed by atoms with Crippen molar-refractivity contribution in [2.75, 3.05) is 7.11 Å². The molecule has 0 aromatic heterocycles. The minimum atomic E-state index is -4.79. The van der Waals surface area contributed by atoms with E-state index in [0.29, 0.717) is 0 Å². The summed E-state index contributed by atoms with van der Waals surface area (Å²) in [5.74, 6) is -0.907. The number of hydrogen-bond acceptors (Lipinski definition) is 4. The van der Waals surface area contributed by atoms with E-state index in [1.165, 1.54) is 19.2 Å². The van der Waals surface area contributed by atoms with Crippen molar-refractivity contribution in [1.29, 1.82) is 0 Å². The molecule has 0 aliphatic heterocycles. The molecule has 5 nitrogen and oxygen atoms in total. The monoisotopic (exact) mass is 441 g/mol. The van der Waals surface area contributed by atoms with Gasteiger partial charge in [-0.25, -0.2) is 9.00 Å². The number of hydrogen-bond donors (Lipinski definition) is 0. The summed E-state index contributed by atoms with van der Waals surface area (Å²) in [6.07, 6.45) is -3.89. The van der Waals surface area contributed by atoms with E-state index in [9.17, 15) is 22.2 Å². The zero-order valence-electron chi connectivity index (χ0n) is 17.2. The predicted molar refractivity (Wildman–Crippen MR) is 110 cm³/mol. The second kappa shape index (κ2) is 8.99. The van der Waals surface area contributed by atoms with Crippen LogP contribution in [0.15, 0.2) is 40.8 Å². The fourth-order valence-corrected chi connectivity index (χ4v) is 3.14. The molecule has 2 aromatic carbocycles. The summed E-state index contributed by atoms with van der Waals surface area (Å²) in [5, 5.41) is 0. The first-order chi connectivity index (χ1) is 13.9. The summed E-state index contributed by atoms with van der Waals surface area (Å²) >= 11 is 0. The molecule has 1 atom stereocenters. The SMILES string of the molecule is COc1cc(/C=N\[S@@](=O)C(C)(C)C)c(C(F)(F)F)c(C)c1C(=O)Oc1ccccc1. The highest BCUT2D eigenvalue weighted by atomic mass is 32.2. The van der Waals surface area contributed by atoms with Crippen LogP contribution in [0.5, 0.6) is 11.5 Å². The van der Waals surface area contributed by atoms with Gasteiger partial charge >= 0.3 is 12.1 Å². The van der Waals surface area contributed by atoms with Crippen molar-refractivity contribution in [3.05, 3.63) is 58.7 Å². The van der Waals surface area contributed by atoms with E-state index < -0.39 is 33.4 Å². The first kappa shape index (κ1) is 23.6. The number of rotatable bonds is 5. The van der Waals surface area contributed by atoms with Gasteiger partial charge in [-0.1, -0.05) is 18.2 Å². The largest absolute Gasteiger partial charge is 0.496 e. The fraction of sp³-hybridized carbons (Fsp3) is 0.333. The highest BCUT2D eigenvalue weighted by molar-refractivity contribution is 7.85. The molecule has 0 N–H and O–H groups in total. The summed E-state index contributed by atoms with van der Waals surface area (Å²) < 4.78 is 67.1. The second-order valence-corrected chi connectivity index (χ2v) is 9.27. The van der Waals surface area contributed by atoms with Gasteiger partial charge in [-0.2, -0.15) is 17.6 Å². The Kier molecular flexibility index (Phi) is 7.07. The lowest BCUT2D eigenvalue weighted by Crippen LogP contribution is -2.21. The summed E-state index contributed by atoms with van der Waals surface area (Å²) in [4.78, 5) is 12.7. The summed E-state index contributed by atoms with van der Waals surface area (Å²) in [7, 11) is -0.527. The van der Waals surface area contributed by atoms with Gasteiger partial charge in [-0.3, -0.25) is 0 Å². The molecule has 2 aromatic rings. The van der Waals surface area contributed by atoms with E-state index in [4.69, 9.17) is 9.47 Å². The highest BCUT2D eigenvalue weighted by Crippen LogP contribution is 2.39. The van der Waals surface area contributed by atoms with Crippen molar-refractivity contribution in [3.63, 3.8) is 0 Å². The maximum Gasteiger partial charge on any atom is 0.417 e. The third-order valence-electron chi connectivity index (χ3n) is 4.04. The molecule has 0 aliphatic carbocycles. The summed E-state index contributed by atoms with van der Waals surface area (Å²) in [6.45, 7) is 6.11. The van der Waals surface area contributed by atoms with Gasteiger partial charge in [-0.05, 0) is 51.5 Å². The van der Waals surface area contributed by atoms with Crippen LogP contribution in [0, 0.1) is 6.92 Å². The van der Waals surface area contributed by atoms with Gasteiger partial charge in [0.2, 0.25) is 0 Å². The van der Waals surface area contributed by atoms with E-state index in [0.717, 1.165) is 19.2 Å². The smallest absolute Gasteiger partial charge is 0.417 e. The molecule has 0 amide bonds. The quantitative estimate of drug-likeness (QED) is 0.367. The molecular weight excluding hydrogens is 419 g/mol. The van der Waals surface area contributed by atoms with Crippen LogP contribution in [0.2, 0.25) is 0 Å². The number of ether oxygens (including phenoxy) is 2. The Morgan fingerprint density at radius 2 is 1.73 bits per heavy atom. The summed E-state index contributed by atoms with van der Waals surface area (Å²) in [6, 6.07) is 9.02. The van der Waals surface area contributed by atoms with Crippen LogP contribution in [0.3, 0.4) is 0 Å². The lowest BCUT2D eigenvalue weighted by Gasteiger charge is -2.19. The van der Waals surface area contributed by atoms with Crippen LogP contribution >= 0.6 is 0 Å². The molecule has 0 bridgehead atoms. The van der Waals surface area contributed by atoms with Crippen molar-refractivity contribution in [2.45, 2.75) is 38.6 Å². The molecule has 9 heteroatoms. The molecule has 0 radical (unpaired) electrons. The van der Waals surface area contributed by atoms with Crippen LogP contribution in [0.4, 0.5) is 13.2 Å². The lowest BCUT2D eigenvalue weighted by molar-refractivity contribution is -0.138. The van der Waals surface area contributed by atoms with Crippen molar-refractivity contribution in [2.24, 2.45) is 4.40 Å². The molecule has 0 fully saturated rings. The first-order valence-corrected chi connectivity index (χ1v) is 9.99. The molecule has 0 heterocycles. The molecule has 2 rings (SSSR count). The van der Waals surface area contributed by atoms with E-state index in [1.807, 2.05) is 0 Å². The number of halogens is 3. The van der Waals surface area contributed by atoms with E-state index >= 15 is 0 Å². The zero-order valence-corrected chi connectivity index (χ0v) is 18.0. The number of nitrogens with zero attached hydrogens (tertiary/aromatic N) is 1. The fourth-order valence-electron chi connectivity index (χ4n) is 2.61. The molecule has 30 heavy (non-hydrogen) atoms. The van der Waals surface area contributed by atoms with Crippen molar-refractivity contribution < 1.29 is 31.6 Å². The zero-order chi connectivity index (χ0) is 22.7. The number of benzene rings is 2. The van der Waals surface area contributed by atoms with Gasteiger partial charge in [0.25, 0.3) is 0 Å². The number of carbonyl (C=O) groups excluding carboxylic acids is 1. The Hall–Kier alpha value is -2.68. The van der Waals surface area contributed by atoms with Crippen molar-refractivity contribution in [1.82, 2.24) is 0 Å². The van der Waals surface area contributed by atoms with Gasteiger partial charge in [0.1, 0.15) is 28.0 Å². The Morgan fingerprint density at radius 3 is 2.23 bits per heavy atom. The van der Waals surface area contributed by atoms with Crippen LogP contribution < -0.4 is 9.47 Å². The predicted octanol–water partition coefficient (Wildman–Crippen LogP) is 5.12. The van der Waals surface area contributed by atoms with E-state index in [1.54, 1.807) is 39.0 Å². The highest BCUT2D eigenvalue weighted by Gasteiger charge is 2.38. The maximum absolute atomic E-state index is 13.8. The number of alkyl halides is 3. The Labute approximate surface area is 175 Å². The maximum atomic E-state index is 13.8. The summed E-state index contributed by atoms with van der Waals surface area (Å²) in [5.41, 5.74) is -2.14. The second-order valence-electron chi connectivity index (χ2n) is 7.34. The minimum Gasteiger partial charge on any atom is -0.496 e. The number of esters is 1. The Bertz CT molecular complexity index is 980. The van der Waals surface area contributed by atoms with E-state index in [2.05, 4.69) is 4.40 Å². The van der Waals surface area contributed by atoms with Crippen molar-refractivity contribution >= 4 is 23.2 Å². The Morgan fingerprint density at radius 1 is 1.13 bits per heavy atom. The van der Waals surface area contributed by atoms with Crippen LogP contribution in [-0.2, 0) is 17.2 Å². The van der Waals surface area contributed by atoms with Gasteiger partial charge in [0.05, 0.1) is 17.4 Å². The molecule has 0 saturated heterocycles. The first-order valence-electron chi connectivity index (χ1n) is 8.88. The third kappa shape index (κ3) is 5.47. The average Bonchev–Trinajstić information content (AvgIpc) is 2.64. The lowest BCUT2D eigenvalue weighted by atomic mass is 9.95. The Balaban J connectivity index is 2.62. The number of carbonyl (C=O) groups is 1. The third-order valence-corrected chi connectivity index (χ3v) is 5.39. The number of para-hydroxylation sites is 1. The average molecular weight is 441 g/mol. The molecule has 0 aliphatic rings.